The van der Waals surface area contributed by atoms with Gasteiger partial charge in [0.2, 0.25) is 0 Å². The van der Waals surface area contributed by atoms with E-state index in [1.54, 1.807) is 14.2 Å². The number of hydrogen-bond donors (Lipinski definition) is 1. The largest absolute Gasteiger partial charge is 0.497 e. The van der Waals surface area contributed by atoms with Crippen LogP contribution in [0.2, 0.25) is 0 Å². The molecular weight excluding hydrogens is 334 g/mol. The molecule has 0 radical (unpaired) electrons. The Morgan fingerprint density at radius 2 is 1.52 bits per heavy atom. The Morgan fingerprint density at radius 3 is 2.08 bits per heavy atom. The van der Waals surface area contributed by atoms with E-state index < -0.39 is 0 Å². The Labute approximate surface area is 154 Å². The molecule has 1 aliphatic heterocycles. The van der Waals surface area contributed by atoms with Crippen LogP contribution in [-0.4, -0.2) is 50.4 Å². The Hall–Kier alpha value is -2.47. The van der Waals surface area contributed by atoms with E-state index in [9.17, 15) is 0 Å². The molecule has 1 saturated heterocycles. The van der Waals surface area contributed by atoms with Gasteiger partial charge in [0.25, 0.3) is 0 Å². The Kier molecular flexibility index (Phi) is 5.60. The fraction of sp³-hybridized carbons (Fsp3) is 0.316. The molecule has 1 fully saturated rings. The highest BCUT2D eigenvalue weighted by atomic mass is 32.1. The van der Waals surface area contributed by atoms with Gasteiger partial charge in [0.1, 0.15) is 11.5 Å². The van der Waals surface area contributed by atoms with Gasteiger partial charge in [-0.05, 0) is 24.4 Å². The van der Waals surface area contributed by atoms with E-state index in [1.165, 1.54) is 5.69 Å². The van der Waals surface area contributed by atoms with Crippen LogP contribution >= 0.6 is 12.2 Å². The normalized spacial score (nSPS) is 14.2. The van der Waals surface area contributed by atoms with Crippen molar-refractivity contribution in [3.8, 4) is 11.5 Å². The lowest BCUT2D eigenvalue weighted by Gasteiger charge is -2.37. The molecule has 1 aliphatic rings. The second kappa shape index (κ2) is 8.07. The second-order valence-electron chi connectivity index (χ2n) is 5.84. The molecule has 0 saturated carbocycles. The van der Waals surface area contributed by atoms with Crippen LogP contribution in [0.15, 0.2) is 48.5 Å². The Morgan fingerprint density at radius 1 is 0.920 bits per heavy atom. The molecule has 132 valence electrons. The lowest BCUT2D eigenvalue weighted by atomic mass is 10.2. The molecular formula is C19H23N3O2S. The van der Waals surface area contributed by atoms with E-state index in [1.807, 2.05) is 24.3 Å². The van der Waals surface area contributed by atoms with Crippen LogP contribution in [0.25, 0.3) is 0 Å². The summed E-state index contributed by atoms with van der Waals surface area (Å²) < 4.78 is 10.6. The average molecular weight is 357 g/mol. The number of piperazine rings is 1. The van der Waals surface area contributed by atoms with E-state index in [2.05, 4.69) is 39.4 Å². The minimum atomic E-state index is 0.725. The highest BCUT2D eigenvalue weighted by molar-refractivity contribution is 7.80. The predicted molar refractivity (Wildman–Crippen MR) is 106 cm³/mol. The smallest absolute Gasteiger partial charge is 0.173 e. The third-order valence-electron chi connectivity index (χ3n) is 4.29. The molecule has 0 amide bonds. The minimum absolute atomic E-state index is 0.725. The summed E-state index contributed by atoms with van der Waals surface area (Å²) in [5.41, 5.74) is 2.13. The number of nitrogens with zero attached hydrogens (tertiary/aromatic N) is 2. The predicted octanol–water partition coefficient (Wildman–Crippen LogP) is 3.22. The van der Waals surface area contributed by atoms with Crippen LogP contribution in [0.3, 0.4) is 0 Å². The average Bonchev–Trinajstić information content (AvgIpc) is 2.68. The van der Waals surface area contributed by atoms with Crippen molar-refractivity contribution >= 4 is 28.7 Å². The SMILES string of the molecule is COc1cc(NC(=S)N2CCN(c3ccccc3)CC2)cc(OC)c1. The van der Waals surface area contributed by atoms with E-state index in [0.717, 1.165) is 48.5 Å². The summed E-state index contributed by atoms with van der Waals surface area (Å²) in [6.07, 6.45) is 0. The molecule has 0 bridgehead atoms. The number of nitrogens with one attached hydrogen (secondary N) is 1. The summed E-state index contributed by atoms with van der Waals surface area (Å²) in [7, 11) is 3.28. The van der Waals surface area contributed by atoms with Crippen molar-refractivity contribution in [2.45, 2.75) is 0 Å². The molecule has 6 heteroatoms. The van der Waals surface area contributed by atoms with Gasteiger partial charge >= 0.3 is 0 Å². The summed E-state index contributed by atoms with van der Waals surface area (Å²) in [5, 5.41) is 4.02. The van der Waals surface area contributed by atoms with Crippen molar-refractivity contribution in [2.24, 2.45) is 0 Å². The number of thiocarbonyl (C=S) groups is 1. The van der Waals surface area contributed by atoms with E-state index in [4.69, 9.17) is 21.7 Å². The van der Waals surface area contributed by atoms with E-state index in [0.29, 0.717) is 0 Å². The highest BCUT2D eigenvalue weighted by Crippen LogP contribution is 2.26. The first-order chi connectivity index (χ1) is 12.2. The fourth-order valence-corrected chi connectivity index (χ4v) is 3.19. The van der Waals surface area contributed by atoms with Crippen LogP contribution < -0.4 is 19.7 Å². The zero-order valence-corrected chi connectivity index (χ0v) is 15.4. The molecule has 1 N–H and O–H groups in total. The lowest BCUT2D eigenvalue weighted by Crippen LogP contribution is -2.50. The number of anilines is 2. The van der Waals surface area contributed by atoms with Gasteiger partial charge in [-0.3, -0.25) is 0 Å². The number of benzene rings is 2. The molecule has 1 heterocycles. The summed E-state index contributed by atoms with van der Waals surface area (Å²) in [6.45, 7) is 3.68. The lowest BCUT2D eigenvalue weighted by molar-refractivity contribution is 0.390. The van der Waals surface area contributed by atoms with Crippen molar-refractivity contribution in [3.05, 3.63) is 48.5 Å². The molecule has 2 aromatic carbocycles. The number of rotatable bonds is 4. The number of para-hydroxylation sites is 1. The Balaban J connectivity index is 1.60. The minimum Gasteiger partial charge on any atom is -0.497 e. The van der Waals surface area contributed by atoms with Gasteiger partial charge in [-0.15, -0.1) is 0 Å². The zero-order chi connectivity index (χ0) is 17.6. The molecule has 5 nitrogen and oxygen atoms in total. The van der Waals surface area contributed by atoms with Gasteiger partial charge < -0.3 is 24.6 Å². The molecule has 3 rings (SSSR count). The van der Waals surface area contributed by atoms with Crippen molar-refractivity contribution in [1.29, 1.82) is 0 Å². The quantitative estimate of drug-likeness (QED) is 0.847. The molecule has 0 spiro atoms. The van der Waals surface area contributed by atoms with Crippen molar-refractivity contribution in [2.75, 3.05) is 50.6 Å². The highest BCUT2D eigenvalue weighted by Gasteiger charge is 2.19. The Bertz CT molecular complexity index is 694. The van der Waals surface area contributed by atoms with E-state index >= 15 is 0 Å². The molecule has 0 aromatic heterocycles. The van der Waals surface area contributed by atoms with Crippen molar-refractivity contribution in [3.63, 3.8) is 0 Å². The first-order valence-electron chi connectivity index (χ1n) is 8.28. The first kappa shape index (κ1) is 17.4. The third kappa shape index (κ3) is 4.33. The maximum atomic E-state index is 5.59. The summed E-state index contributed by atoms with van der Waals surface area (Å²) >= 11 is 5.59. The zero-order valence-electron chi connectivity index (χ0n) is 14.6. The van der Waals surface area contributed by atoms with Crippen LogP contribution in [0, 0.1) is 0 Å². The van der Waals surface area contributed by atoms with Crippen LogP contribution in [0.4, 0.5) is 11.4 Å². The maximum absolute atomic E-state index is 5.59. The fourth-order valence-electron chi connectivity index (χ4n) is 2.89. The van der Waals surface area contributed by atoms with Gasteiger partial charge in [-0.25, -0.2) is 0 Å². The topological polar surface area (TPSA) is 37.0 Å². The summed E-state index contributed by atoms with van der Waals surface area (Å²) in [4.78, 5) is 4.58. The van der Waals surface area contributed by atoms with Crippen LogP contribution in [0.1, 0.15) is 0 Å². The third-order valence-corrected chi connectivity index (χ3v) is 4.65. The van der Waals surface area contributed by atoms with Gasteiger partial charge in [-0.2, -0.15) is 0 Å². The molecule has 2 aromatic rings. The van der Waals surface area contributed by atoms with Gasteiger partial charge in [0.05, 0.1) is 14.2 Å². The molecule has 0 atom stereocenters. The van der Waals surface area contributed by atoms with E-state index in [-0.39, 0.29) is 0 Å². The van der Waals surface area contributed by atoms with Crippen molar-refractivity contribution < 1.29 is 9.47 Å². The van der Waals surface area contributed by atoms with Crippen LogP contribution in [-0.2, 0) is 0 Å². The van der Waals surface area contributed by atoms with Crippen LogP contribution in [0.5, 0.6) is 11.5 Å². The van der Waals surface area contributed by atoms with Gasteiger partial charge in [-0.1, -0.05) is 18.2 Å². The summed E-state index contributed by atoms with van der Waals surface area (Å²) in [6, 6.07) is 16.1. The summed E-state index contributed by atoms with van der Waals surface area (Å²) in [5.74, 6) is 1.47. The second-order valence-corrected chi connectivity index (χ2v) is 6.23. The molecule has 0 unspecified atom stereocenters. The number of methoxy groups -OCH3 is 2. The number of ether oxygens (including phenoxy) is 2. The monoisotopic (exact) mass is 357 g/mol. The first-order valence-corrected chi connectivity index (χ1v) is 8.69. The number of hydrogen-bond acceptors (Lipinski definition) is 4. The van der Waals surface area contributed by atoms with Crippen molar-refractivity contribution in [1.82, 2.24) is 4.90 Å². The standard InChI is InChI=1S/C19H23N3O2S/c1-23-17-12-15(13-18(14-17)24-2)20-19(25)22-10-8-21(9-11-22)16-6-4-3-5-7-16/h3-7,12-14H,8-11H2,1-2H3,(H,20,25). The molecule has 0 aliphatic carbocycles. The molecule has 25 heavy (non-hydrogen) atoms. The van der Waals surface area contributed by atoms with Gasteiger partial charge in [0.15, 0.2) is 5.11 Å². The van der Waals surface area contributed by atoms with Gasteiger partial charge in [0, 0.05) is 55.8 Å². The maximum Gasteiger partial charge on any atom is 0.173 e.